The molecule has 0 radical (unpaired) electrons. The van der Waals surface area contributed by atoms with Crippen molar-refractivity contribution in [1.29, 1.82) is 0 Å². The van der Waals surface area contributed by atoms with Crippen molar-refractivity contribution in [3.63, 3.8) is 0 Å². The molecule has 1 aliphatic rings. The van der Waals surface area contributed by atoms with E-state index >= 15 is 0 Å². The van der Waals surface area contributed by atoms with Gasteiger partial charge in [0.15, 0.2) is 0 Å². The number of H-pyrrole nitrogens is 1. The van der Waals surface area contributed by atoms with Crippen LogP contribution in [0.25, 0.3) is 0 Å². The predicted octanol–water partition coefficient (Wildman–Crippen LogP) is 3.60. The molecule has 2 N–H and O–H groups in total. The molecule has 0 spiro atoms. The number of aryl methyl sites for hydroxylation is 1. The predicted molar refractivity (Wildman–Crippen MR) is 103 cm³/mol. The molecule has 1 unspecified atom stereocenters. The van der Waals surface area contributed by atoms with E-state index < -0.39 is 11.2 Å². The van der Waals surface area contributed by atoms with E-state index in [2.05, 4.69) is 9.97 Å². The number of likely N-dealkylation sites (tertiary alicyclic amines) is 1. The van der Waals surface area contributed by atoms with Crippen molar-refractivity contribution < 1.29 is 14.6 Å². The number of ether oxygens (including phenoxy) is 1. The third kappa shape index (κ3) is 4.16. The van der Waals surface area contributed by atoms with E-state index in [1.165, 1.54) is 0 Å². The molecule has 27 heavy (non-hydrogen) atoms. The Morgan fingerprint density at radius 3 is 2.37 bits per heavy atom. The molecule has 2 heterocycles. The van der Waals surface area contributed by atoms with Crippen LogP contribution in [0.4, 0.5) is 4.79 Å². The summed E-state index contributed by atoms with van der Waals surface area (Å²) in [5.74, 6) is 0.506. The number of imidazole rings is 1. The van der Waals surface area contributed by atoms with Crippen LogP contribution >= 0.6 is 0 Å². The number of aliphatic hydroxyl groups is 1. The first-order valence-electron chi connectivity index (χ1n) is 9.48. The number of aromatic amines is 1. The molecule has 0 aliphatic carbocycles. The van der Waals surface area contributed by atoms with Crippen LogP contribution in [0.1, 0.15) is 50.7 Å². The number of hydrogen-bond donors (Lipinski definition) is 2. The largest absolute Gasteiger partial charge is 0.444 e. The van der Waals surface area contributed by atoms with Crippen molar-refractivity contribution in [3.8, 4) is 0 Å². The SMILES string of the molecule is Cc1cnc(C(O)(c2ccccc2)C2CCN(C(=O)OC(C)(C)C)CC2)[nH]1. The third-order valence-electron chi connectivity index (χ3n) is 5.02. The highest BCUT2D eigenvalue weighted by atomic mass is 16.6. The fraction of sp³-hybridized carbons (Fsp3) is 0.524. The first kappa shape index (κ1) is 19.4. The van der Waals surface area contributed by atoms with E-state index in [9.17, 15) is 9.90 Å². The van der Waals surface area contributed by atoms with Gasteiger partial charge in [0, 0.05) is 30.9 Å². The molecule has 0 bridgehead atoms. The lowest BCUT2D eigenvalue weighted by molar-refractivity contribution is -0.0283. The Labute approximate surface area is 160 Å². The highest BCUT2D eigenvalue weighted by molar-refractivity contribution is 5.68. The number of rotatable bonds is 3. The maximum absolute atomic E-state index is 12.3. The van der Waals surface area contributed by atoms with Gasteiger partial charge in [-0.15, -0.1) is 0 Å². The number of aromatic nitrogens is 2. The molecule has 3 rings (SSSR count). The van der Waals surface area contributed by atoms with Crippen LogP contribution in [0.15, 0.2) is 36.5 Å². The molecule has 1 amide bonds. The second kappa shape index (κ2) is 7.35. The van der Waals surface area contributed by atoms with Crippen molar-refractivity contribution in [1.82, 2.24) is 14.9 Å². The summed E-state index contributed by atoms with van der Waals surface area (Å²) in [5.41, 5.74) is 0.000515. The summed E-state index contributed by atoms with van der Waals surface area (Å²) in [6, 6.07) is 9.64. The number of piperidine rings is 1. The molecule has 1 atom stereocenters. The zero-order chi connectivity index (χ0) is 19.7. The minimum atomic E-state index is -1.21. The zero-order valence-electron chi connectivity index (χ0n) is 16.5. The summed E-state index contributed by atoms with van der Waals surface area (Å²) >= 11 is 0. The number of benzene rings is 1. The normalized spacial score (nSPS) is 18.2. The summed E-state index contributed by atoms with van der Waals surface area (Å²) in [6.07, 6.45) is 2.78. The summed E-state index contributed by atoms with van der Waals surface area (Å²) in [7, 11) is 0. The molecule has 1 fully saturated rings. The maximum atomic E-state index is 12.3. The van der Waals surface area contributed by atoms with Crippen LogP contribution in [0.5, 0.6) is 0 Å². The third-order valence-corrected chi connectivity index (χ3v) is 5.02. The van der Waals surface area contributed by atoms with Crippen LogP contribution in [0.2, 0.25) is 0 Å². The second-order valence-corrected chi connectivity index (χ2v) is 8.29. The van der Waals surface area contributed by atoms with Crippen molar-refractivity contribution >= 4 is 6.09 Å². The topological polar surface area (TPSA) is 78.5 Å². The van der Waals surface area contributed by atoms with Crippen molar-refractivity contribution in [2.45, 2.75) is 51.7 Å². The minimum Gasteiger partial charge on any atom is -0.444 e. The van der Waals surface area contributed by atoms with Gasteiger partial charge in [-0.1, -0.05) is 30.3 Å². The lowest BCUT2D eigenvalue weighted by atomic mass is 9.75. The van der Waals surface area contributed by atoms with Gasteiger partial charge in [-0.2, -0.15) is 0 Å². The number of carbonyl (C=O) groups excluding carboxylic acids is 1. The van der Waals surface area contributed by atoms with Crippen molar-refractivity contribution in [3.05, 3.63) is 53.6 Å². The number of amides is 1. The van der Waals surface area contributed by atoms with Crippen molar-refractivity contribution in [2.75, 3.05) is 13.1 Å². The van der Waals surface area contributed by atoms with Gasteiger partial charge in [-0.3, -0.25) is 0 Å². The highest BCUT2D eigenvalue weighted by Gasteiger charge is 2.44. The van der Waals surface area contributed by atoms with E-state index in [0.29, 0.717) is 31.8 Å². The number of nitrogens with zero attached hydrogens (tertiary/aromatic N) is 2. The Morgan fingerprint density at radius 1 is 1.22 bits per heavy atom. The molecular weight excluding hydrogens is 342 g/mol. The lowest BCUT2D eigenvalue weighted by Crippen LogP contribution is -2.47. The van der Waals surface area contributed by atoms with Crippen LogP contribution in [0, 0.1) is 12.8 Å². The van der Waals surface area contributed by atoms with Gasteiger partial charge < -0.3 is 19.7 Å². The monoisotopic (exact) mass is 371 g/mol. The minimum absolute atomic E-state index is 0.0517. The number of hydrogen-bond acceptors (Lipinski definition) is 4. The summed E-state index contributed by atoms with van der Waals surface area (Å²) in [6.45, 7) is 8.62. The van der Waals surface area contributed by atoms with Crippen LogP contribution < -0.4 is 0 Å². The quantitative estimate of drug-likeness (QED) is 0.864. The highest BCUT2D eigenvalue weighted by Crippen LogP contribution is 2.40. The fourth-order valence-corrected chi connectivity index (χ4v) is 3.67. The molecule has 6 heteroatoms. The van der Waals surface area contributed by atoms with Gasteiger partial charge in [0.1, 0.15) is 17.0 Å². The Hall–Kier alpha value is -2.34. The van der Waals surface area contributed by atoms with E-state index in [0.717, 1.165) is 11.3 Å². The summed E-state index contributed by atoms with van der Waals surface area (Å²) in [4.78, 5) is 21.7. The average molecular weight is 371 g/mol. The van der Waals surface area contributed by atoms with Gasteiger partial charge in [-0.25, -0.2) is 9.78 Å². The first-order valence-corrected chi connectivity index (χ1v) is 9.48. The molecule has 6 nitrogen and oxygen atoms in total. The average Bonchev–Trinajstić information content (AvgIpc) is 3.07. The van der Waals surface area contributed by atoms with E-state index in [1.807, 2.05) is 58.0 Å². The van der Waals surface area contributed by atoms with Crippen LogP contribution in [-0.4, -0.2) is 44.8 Å². The van der Waals surface area contributed by atoms with Gasteiger partial charge in [0.2, 0.25) is 0 Å². The maximum Gasteiger partial charge on any atom is 0.410 e. The fourth-order valence-electron chi connectivity index (χ4n) is 3.67. The van der Waals surface area contributed by atoms with E-state index in [-0.39, 0.29) is 12.0 Å². The standard InChI is InChI=1S/C21H29N3O3/c1-15-14-22-18(23-15)21(26,16-8-6-5-7-9-16)17-10-12-24(13-11-17)19(25)27-20(2,3)4/h5-9,14,17,26H,10-13H2,1-4H3,(H,22,23). The lowest BCUT2D eigenvalue weighted by Gasteiger charge is -2.41. The number of nitrogens with one attached hydrogen (secondary N) is 1. The Balaban J connectivity index is 1.81. The summed E-state index contributed by atoms with van der Waals surface area (Å²) in [5, 5.41) is 11.8. The zero-order valence-corrected chi connectivity index (χ0v) is 16.5. The molecule has 2 aromatic rings. The van der Waals surface area contributed by atoms with Gasteiger partial charge in [0.05, 0.1) is 0 Å². The van der Waals surface area contributed by atoms with Gasteiger partial charge in [0.25, 0.3) is 0 Å². The molecule has 0 saturated carbocycles. The molecule has 146 valence electrons. The molecule has 1 saturated heterocycles. The van der Waals surface area contributed by atoms with E-state index in [1.54, 1.807) is 11.1 Å². The molecular formula is C21H29N3O3. The number of carbonyl (C=O) groups is 1. The molecule has 1 aromatic carbocycles. The van der Waals surface area contributed by atoms with Crippen LogP contribution in [-0.2, 0) is 10.3 Å². The van der Waals surface area contributed by atoms with Crippen molar-refractivity contribution in [2.24, 2.45) is 5.92 Å². The Morgan fingerprint density at radius 2 is 1.85 bits per heavy atom. The Bertz CT molecular complexity index is 773. The molecule has 1 aliphatic heterocycles. The molecule has 1 aromatic heterocycles. The Kier molecular flexibility index (Phi) is 5.29. The van der Waals surface area contributed by atoms with Gasteiger partial charge >= 0.3 is 6.09 Å². The smallest absolute Gasteiger partial charge is 0.410 e. The second-order valence-electron chi connectivity index (χ2n) is 8.29. The first-order chi connectivity index (χ1) is 12.7. The van der Waals surface area contributed by atoms with Gasteiger partial charge in [-0.05, 0) is 46.1 Å². The van der Waals surface area contributed by atoms with E-state index in [4.69, 9.17) is 4.74 Å². The summed E-state index contributed by atoms with van der Waals surface area (Å²) < 4.78 is 5.48. The van der Waals surface area contributed by atoms with Crippen LogP contribution in [0.3, 0.4) is 0 Å².